The van der Waals surface area contributed by atoms with Crippen molar-refractivity contribution in [2.75, 3.05) is 47.5 Å². The van der Waals surface area contributed by atoms with Crippen molar-refractivity contribution in [1.29, 1.82) is 0 Å². The predicted octanol–water partition coefficient (Wildman–Crippen LogP) is 9.96. The summed E-state index contributed by atoms with van der Waals surface area (Å²) in [6, 6.07) is 0. The van der Waals surface area contributed by atoms with Gasteiger partial charge in [-0.1, -0.05) is 125 Å². The van der Waals surface area contributed by atoms with Gasteiger partial charge in [0, 0.05) is 12.8 Å². The molecule has 0 aliphatic heterocycles. The first kappa shape index (κ1) is 55.1. The Morgan fingerprint density at radius 1 is 0.638 bits per heavy atom. The zero-order valence-corrected chi connectivity index (χ0v) is 37.4. The number of phosphoric acid groups is 1. The normalized spacial score (nSPS) is 15.5. The lowest BCUT2D eigenvalue weighted by Crippen LogP contribution is -2.37. The number of quaternary nitrogens is 1. The quantitative estimate of drug-likeness (QED) is 0.0138. The van der Waals surface area contributed by atoms with Crippen LogP contribution < -0.4 is 0 Å². The van der Waals surface area contributed by atoms with Gasteiger partial charge in [0.15, 0.2) is 6.10 Å². The zero-order chi connectivity index (χ0) is 43.2. The average molecular weight is 837 g/mol. The van der Waals surface area contributed by atoms with E-state index in [1.165, 1.54) is 38.5 Å². The Morgan fingerprint density at radius 3 is 1.76 bits per heavy atom. The maximum atomic E-state index is 12.7. The minimum atomic E-state index is -4.46. The van der Waals surface area contributed by atoms with Crippen LogP contribution in [-0.2, 0) is 32.7 Å². The van der Waals surface area contributed by atoms with Crippen LogP contribution >= 0.6 is 7.82 Å². The van der Waals surface area contributed by atoms with Crippen molar-refractivity contribution in [3.63, 3.8) is 0 Å². The molecule has 0 aromatic rings. The number of ether oxygens (including phenoxy) is 2. The lowest BCUT2D eigenvalue weighted by molar-refractivity contribution is -0.870. The molecule has 0 heterocycles. The number of aliphatic hydroxyl groups excluding tert-OH is 2. The number of rotatable bonds is 37. The van der Waals surface area contributed by atoms with Crippen LogP contribution in [0.15, 0.2) is 85.1 Å². The largest absolute Gasteiger partial charge is 0.472 e. The fourth-order valence-corrected chi connectivity index (χ4v) is 5.84. The van der Waals surface area contributed by atoms with Gasteiger partial charge in [-0.05, 0) is 77.0 Å². The fourth-order valence-electron chi connectivity index (χ4n) is 5.09. The molecular formula is C46H79NO10P+. The Hall–Kier alpha value is -2.89. The summed E-state index contributed by atoms with van der Waals surface area (Å²) >= 11 is 0. The molecule has 0 bridgehead atoms. The molecule has 0 amide bonds. The number of carbonyl (C=O) groups is 2. The number of phosphoric ester groups is 1. The summed E-state index contributed by atoms with van der Waals surface area (Å²) in [7, 11) is 1.28. The monoisotopic (exact) mass is 837 g/mol. The van der Waals surface area contributed by atoms with Crippen LogP contribution in [0.25, 0.3) is 0 Å². The number of hydrogen-bond donors (Lipinski definition) is 3. The molecule has 1 unspecified atom stereocenters. The molecule has 0 aliphatic rings. The highest BCUT2D eigenvalue weighted by Gasteiger charge is 2.27. The second kappa shape index (κ2) is 37.1. The Labute approximate surface area is 351 Å². The summed E-state index contributed by atoms with van der Waals surface area (Å²) in [5.74, 6) is -1.09. The first-order valence-corrected chi connectivity index (χ1v) is 23.0. The number of aliphatic hydroxyl groups is 2. The van der Waals surface area contributed by atoms with E-state index in [4.69, 9.17) is 18.5 Å². The van der Waals surface area contributed by atoms with Gasteiger partial charge in [-0.2, -0.15) is 0 Å². The van der Waals surface area contributed by atoms with E-state index in [2.05, 4.69) is 56.4 Å². The molecule has 12 heteroatoms. The molecule has 11 nitrogen and oxygen atoms in total. The predicted molar refractivity (Wildman–Crippen MR) is 236 cm³/mol. The number of allylic oxidation sites excluding steroid dienone is 11. The van der Waals surface area contributed by atoms with Gasteiger partial charge in [0.2, 0.25) is 0 Å². The lowest BCUT2D eigenvalue weighted by atomic mass is 10.1. The minimum absolute atomic E-state index is 0.0248. The van der Waals surface area contributed by atoms with Gasteiger partial charge in [0.05, 0.1) is 40.0 Å². The van der Waals surface area contributed by atoms with Crippen molar-refractivity contribution in [3.8, 4) is 0 Å². The van der Waals surface area contributed by atoms with Gasteiger partial charge in [-0.25, -0.2) is 4.57 Å². The minimum Gasteiger partial charge on any atom is -0.462 e. The highest BCUT2D eigenvalue weighted by atomic mass is 31.2. The van der Waals surface area contributed by atoms with E-state index in [-0.39, 0.29) is 26.1 Å². The number of esters is 2. The van der Waals surface area contributed by atoms with E-state index >= 15 is 0 Å². The first-order chi connectivity index (χ1) is 27.8. The van der Waals surface area contributed by atoms with E-state index in [9.17, 15) is 29.3 Å². The number of hydrogen-bond acceptors (Lipinski definition) is 9. The zero-order valence-electron chi connectivity index (χ0n) is 36.5. The van der Waals surface area contributed by atoms with E-state index in [1.54, 1.807) is 36.5 Å². The summed E-state index contributed by atoms with van der Waals surface area (Å²) in [6.07, 6.45) is 39.8. The van der Waals surface area contributed by atoms with E-state index in [0.29, 0.717) is 36.7 Å². The van der Waals surface area contributed by atoms with Gasteiger partial charge in [-0.3, -0.25) is 18.6 Å². The van der Waals surface area contributed by atoms with Crippen LogP contribution in [0.5, 0.6) is 0 Å². The third-order valence-electron chi connectivity index (χ3n) is 8.59. The molecule has 332 valence electrons. The second-order valence-electron chi connectivity index (χ2n) is 15.4. The van der Waals surface area contributed by atoms with E-state index in [0.717, 1.165) is 38.5 Å². The Kier molecular flexibility index (Phi) is 35.3. The van der Waals surface area contributed by atoms with Crippen LogP contribution in [0.3, 0.4) is 0 Å². The highest BCUT2D eigenvalue weighted by Crippen LogP contribution is 2.43. The number of likely N-dealkylation sites (N-methyl/N-ethyl adjacent to an activating group) is 1. The summed E-state index contributed by atoms with van der Waals surface area (Å²) in [5, 5.41) is 20.4. The Bertz CT molecular complexity index is 1300. The van der Waals surface area contributed by atoms with Crippen LogP contribution in [0.2, 0.25) is 0 Å². The molecule has 0 radical (unpaired) electrons. The van der Waals surface area contributed by atoms with E-state index < -0.39 is 44.7 Å². The summed E-state index contributed by atoms with van der Waals surface area (Å²) in [6.45, 7) is 3.96. The molecular weight excluding hydrogens is 757 g/mol. The third-order valence-corrected chi connectivity index (χ3v) is 9.57. The van der Waals surface area contributed by atoms with Crippen LogP contribution in [0.1, 0.15) is 129 Å². The lowest BCUT2D eigenvalue weighted by Gasteiger charge is -2.24. The first-order valence-electron chi connectivity index (χ1n) is 21.5. The SMILES string of the molecule is CCCCC/C=C\C/C=C\C/C=C\CCCCC(=O)OC[C@H](COP(=O)(O)OCC[N+](C)(C)C)OC(=O)CCC[C@@H](O)\C=C/C=C/C=C/[C@@H](O)C/C=C\CCCCC. The summed E-state index contributed by atoms with van der Waals surface area (Å²) in [4.78, 5) is 35.3. The van der Waals surface area contributed by atoms with Crippen molar-refractivity contribution in [2.45, 2.75) is 148 Å². The molecule has 0 spiro atoms. The fraction of sp³-hybridized carbons (Fsp3) is 0.652. The second-order valence-corrected chi connectivity index (χ2v) is 16.9. The van der Waals surface area contributed by atoms with Gasteiger partial charge in [0.25, 0.3) is 0 Å². The molecule has 0 saturated carbocycles. The highest BCUT2D eigenvalue weighted by molar-refractivity contribution is 7.47. The van der Waals surface area contributed by atoms with Crippen molar-refractivity contribution in [3.05, 3.63) is 85.1 Å². The number of carbonyl (C=O) groups excluding carboxylic acids is 2. The number of unbranched alkanes of at least 4 members (excludes halogenated alkanes) is 8. The Balaban J connectivity index is 4.74. The van der Waals surface area contributed by atoms with Gasteiger partial charge in [0.1, 0.15) is 19.8 Å². The van der Waals surface area contributed by atoms with Crippen LogP contribution in [-0.4, -0.2) is 97.3 Å². The molecule has 3 N–H and O–H groups in total. The van der Waals surface area contributed by atoms with Gasteiger partial charge >= 0.3 is 19.8 Å². The topological polar surface area (TPSA) is 149 Å². The van der Waals surface area contributed by atoms with Crippen LogP contribution in [0.4, 0.5) is 0 Å². The summed E-state index contributed by atoms with van der Waals surface area (Å²) in [5.41, 5.74) is 0. The molecule has 0 rings (SSSR count). The molecule has 0 saturated heterocycles. The Morgan fingerprint density at radius 2 is 1.17 bits per heavy atom. The standard InChI is InChI=1S/C46H78NO10P/c1-6-8-10-12-14-15-16-17-18-19-20-21-22-24-30-36-45(50)54-40-44(41-56-58(52,53)55-39-38-47(3,4)5)57-46(51)37-31-35-43(49)34-29-26-25-28-33-42(48)32-27-23-13-11-9-7-2/h14-15,17-18,20-21,23,25-29,33-34,42-44,48-49H,6-13,16,19,22,24,30-32,35-41H2,1-5H3/p+1/b15-14-,18-17-,21-20-,26-25+,27-23-,33-28+,34-29-/t42-,43-,44+/m0/s1. The van der Waals surface area contributed by atoms with Gasteiger partial charge in [-0.15, -0.1) is 0 Å². The molecule has 0 fully saturated rings. The van der Waals surface area contributed by atoms with Crippen molar-refractivity contribution in [1.82, 2.24) is 0 Å². The average Bonchev–Trinajstić information content (AvgIpc) is 3.16. The van der Waals surface area contributed by atoms with Crippen molar-refractivity contribution >= 4 is 19.8 Å². The molecule has 4 atom stereocenters. The van der Waals surface area contributed by atoms with Crippen molar-refractivity contribution < 1.29 is 52.3 Å². The number of nitrogens with zero attached hydrogens (tertiary/aromatic N) is 1. The molecule has 0 aromatic heterocycles. The smallest absolute Gasteiger partial charge is 0.462 e. The molecule has 0 aromatic carbocycles. The van der Waals surface area contributed by atoms with Crippen molar-refractivity contribution in [2.24, 2.45) is 0 Å². The third kappa shape index (κ3) is 39.9. The molecule has 58 heavy (non-hydrogen) atoms. The maximum Gasteiger partial charge on any atom is 0.472 e. The van der Waals surface area contributed by atoms with Gasteiger partial charge < -0.3 is 29.1 Å². The molecule has 0 aliphatic carbocycles. The summed E-state index contributed by atoms with van der Waals surface area (Å²) < 4.78 is 34.0. The van der Waals surface area contributed by atoms with E-state index in [1.807, 2.05) is 27.2 Å². The van der Waals surface area contributed by atoms with Crippen LogP contribution in [0, 0.1) is 0 Å². The maximum absolute atomic E-state index is 12.7.